The van der Waals surface area contributed by atoms with Gasteiger partial charge in [-0.2, -0.15) is 0 Å². The topological polar surface area (TPSA) is 66.7 Å². The van der Waals surface area contributed by atoms with Gasteiger partial charge in [0.2, 0.25) is 0 Å². The normalized spacial score (nSPS) is 29.8. The lowest BCUT2D eigenvalue weighted by Crippen LogP contribution is -2.53. The van der Waals surface area contributed by atoms with E-state index in [1.54, 1.807) is 12.1 Å². The summed E-state index contributed by atoms with van der Waals surface area (Å²) in [6.45, 7) is 3.41. The van der Waals surface area contributed by atoms with Gasteiger partial charge in [0.15, 0.2) is 0 Å². The van der Waals surface area contributed by atoms with Gasteiger partial charge < -0.3 is 4.90 Å². The smallest absolute Gasteiger partial charge is 0.269 e. The summed E-state index contributed by atoms with van der Waals surface area (Å²) in [6.07, 6.45) is 5.56. The Kier molecular flexibility index (Phi) is 4.00. The minimum Gasteiger partial charge on any atom is -0.336 e. The summed E-state index contributed by atoms with van der Waals surface area (Å²) in [4.78, 5) is 27.3. The van der Waals surface area contributed by atoms with Crippen molar-refractivity contribution in [2.75, 3.05) is 26.2 Å². The molecule has 1 amide bonds. The number of fused-ring (bicyclic) bond motifs is 2. The molecule has 3 fully saturated rings. The van der Waals surface area contributed by atoms with Gasteiger partial charge >= 0.3 is 0 Å². The van der Waals surface area contributed by atoms with Crippen molar-refractivity contribution in [1.82, 2.24) is 9.80 Å². The van der Waals surface area contributed by atoms with Crippen molar-refractivity contribution >= 4 is 11.6 Å². The molecule has 0 radical (unpaired) electrons. The highest BCUT2D eigenvalue weighted by atomic mass is 16.6. The molecule has 0 spiro atoms. The van der Waals surface area contributed by atoms with Crippen LogP contribution in [0.2, 0.25) is 0 Å². The minimum absolute atomic E-state index is 0.0162. The molecule has 3 atom stereocenters. The molecule has 128 valence electrons. The van der Waals surface area contributed by atoms with Crippen LogP contribution in [-0.2, 0) is 0 Å². The fourth-order valence-electron chi connectivity index (χ4n) is 4.82. The SMILES string of the molecule is O=C(c1ccc([N+](=O)[O-])cc1)N1CCN(C2CC3CCC2C3)CC1. The Morgan fingerprint density at radius 3 is 2.29 bits per heavy atom. The van der Waals surface area contributed by atoms with E-state index in [1.165, 1.54) is 37.8 Å². The maximum Gasteiger partial charge on any atom is 0.269 e. The zero-order chi connectivity index (χ0) is 16.7. The Balaban J connectivity index is 1.35. The molecule has 2 aliphatic carbocycles. The number of hydrogen-bond acceptors (Lipinski definition) is 4. The van der Waals surface area contributed by atoms with E-state index in [2.05, 4.69) is 4.90 Å². The lowest BCUT2D eigenvalue weighted by atomic mass is 9.93. The zero-order valence-electron chi connectivity index (χ0n) is 13.8. The van der Waals surface area contributed by atoms with Crippen LogP contribution in [-0.4, -0.2) is 52.9 Å². The first kappa shape index (κ1) is 15.6. The molecule has 1 saturated heterocycles. The Morgan fingerprint density at radius 2 is 1.75 bits per heavy atom. The number of rotatable bonds is 3. The fourth-order valence-corrected chi connectivity index (χ4v) is 4.82. The number of nitro benzene ring substituents is 1. The van der Waals surface area contributed by atoms with Gasteiger partial charge in [0.25, 0.3) is 11.6 Å². The molecular formula is C18H23N3O3. The van der Waals surface area contributed by atoms with Crippen LogP contribution < -0.4 is 0 Å². The number of amides is 1. The third kappa shape index (κ3) is 2.79. The molecule has 4 rings (SSSR count). The second-order valence-corrected chi connectivity index (χ2v) is 7.37. The van der Waals surface area contributed by atoms with Gasteiger partial charge in [-0.25, -0.2) is 0 Å². The van der Waals surface area contributed by atoms with Gasteiger partial charge in [-0.05, 0) is 43.2 Å². The summed E-state index contributed by atoms with van der Waals surface area (Å²) < 4.78 is 0. The lowest BCUT2D eigenvalue weighted by Gasteiger charge is -2.41. The average Bonchev–Trinajstić information content (AvgIpc) is 3.25. The van der Waals surface area contributed by atoms with Gasteiger partial charge in [-0.15, -0.1) is 0 Å². The Labute approximate surface area is 141 Å². The van der Waals surface area contributed by atoms with E-state index >= 15 is 0 Å². The quantitative estimate of drug-likeness (QED) is 0.631. The van der Waals surface area contributed by atoms with E-state index in [4.69, 9.17) is 0 Å². The van der Waals surface area contributed by atoms with Crippen LogP contribution in [0.1, 0.15) is 36.0 Å². The highest BCUT2D eigenvalue weighted by Crippen LogP contribution is 2.46. The highest BCUT2D eigenvalue weighted by molar-refractivity contribution is 5.94. The first-order valence-electron chi connectivity index (χ1n) is 8.89. The molecular weight excluding hydrogens is 306 g/mol. The number of hydrogen-bond donors (Lipinski definition) is 0. The molecule has 1 aromatic rings. The number of nitrogens with zero attached hydrogens (tertiary/aromatic N) is 3. The summed E-state index contributed by atoms with van der Waals surface area (Å²) in [7, 11) is 0. The second-order valence-electron chi connectivity index (χ2n) is 7.37. The van der Waals surface area contributed by atoms with Crippen molar-refractivity contribution in [2.24, 2.45) is 11.8 Å². The third-order valence-electron chi connectivity index (χ3n) is 6.10. The van der Waals surface area contributed by atoms with Crippen LogP contribution in [0.4, 0.5) is 5.69 Å². The molecule has 3 aliphatic rings. The number of nitro groups is 1. The molecule has 6 heteroatoms. The first-order valence-corrected chi connectivity index (χ1v) is 8.89. The monoisotopic (exact) mass is 329 g/mol. The number of piperazine rings is 1. The van der Waals surface area contributed by atoms with Crippen molar-refractivity contribution in [3.63, 3.8) is 0 Å². The van der Waals surface area contributed by atoms with Crippen LogP contribution in [0, 0.1) is 22.0 Å². The average molecular weight is 329 g/mol. The number of non-ortho nitro benzene ring substituents is 1. The van der Waals surface area contributed by atoms with E-state index in [0.717, 1.165) is 44.1 Å². The summed E-state index contributed by atoms with van der Waals surface area (Å²) in [6, 6.07) is 6.66. The predicted molar refractivity (Wildman–Crippen MR) is 89.8 cm³/mol. The van der Waals surface area contributed by atoms with E-state index < -0.39 is 4.92 Å². The van der Waals surface area contributed by atoms with E-state index in [1.807, 2.05) is 4.90 Å². The molecule has 0 aromatic heterocycles. The molecule has 1 aliphatic heterocycles. The number of carbonyl (C=O) groups is 1. The molecule has 3 unspecified atom stereocenters. The summed E-state index contributed by atoms with van der Waals surface area (Å²) >= 11 is 0. The Bertz CT molecular complexity index is 637. The van der Waals surface area contributed by atoms with Crippen LogP contribution in [0.3, 0.4) is 0 Å². The van der Waals surface area contributed by atoms with Gasteiger partial charge in [0, 0.05) is 49.9 Å². The van der Waals surface area contributed by atoms with Crippen LogP contribution >= 0.6 is 0 Å². The molecule has 2 saturated carbocycles. The number of carbonyl (C=O) groups excluding carboxylic acids is 1. The molecule has 0 N–H and O–H groups in total. The van der Waals surface area contributed by atoms with Gasteiger partial charge in [0.05, 0.1) is 4.92 Å². The van der Waals surface area contributed by atoms with Crippen LogP contribution in [0.25, 0.3) is 0 Å². The van der Waals surface area contributed by atoms with Crippen molar-refractivity contribution in [1.29, 1.82) is 0 Å². The van der Waals surface area contributed by atoms with E-state index in [0.29, 0.717) is 5.56 Å². The van der Waals surface area contributed by atoms with Crippen molar-refractivity contribution in [3.8, 4) is 0 Å². The Hall–Kier alpha value is -1.95. The summed E-state index contributed by atoms with van der Waals surface area (Å²) in [5.41, 5.74) is 0.557. The third-order valence-corrected chi connectivity index (χ3v) is 6.10. The van der Waals surface area contributed by atoms with Crippen molar-refractivity contribution in [3.05, 3.63) is 39.9 Å². The first-order chi connectivity index (χ1) is 11.6. The van der Waals surface area contributed by atoms with Crippen molar-refractivity contribution in [2.45, 2.75) is 31.7 Å². The standard InChI is InChI=1S/C18H23N3O3/c22-18(14-3-5-16(6-4-14)21(23)24)20-9-7-19(8-10-20)17-12-13-1-2-15(17)11-13/h3-6,13,15,17H,1-2,7-12H2. The largest absolute Gasteiger partial charge is 0.336 e. The fraction of sp³-hybridized carbons (Fsp3) is 0.611. The van der Waals surface area contributed by atoms with Crippen LogP contribution in [0.5, 0.6) is 0 Å². The molecule has 24 heavy (non-hydrogen) atoms. The zero-order valence-corrected chi connectivity index (χ0v) is 13.8. The Morgan fingerprint density at radius 1 is 1.04 bits per heavy atom. The lowest BCUT2D eigenvalue weighted by molar-refractivity contribution is -0.384. The van der Waals surface area contributed by atoms with Crippen LogP contribution in [0.15, 0.2) is 24.3 Å². The van der Waals surface area contributed by atoms with E-state index in [9.17, 15) is 14.9 Å². The second kappa shape index (κ2) is 6.16. The van der Waals surface area contributed by atoms with Crippen molar-refractivity contribution < 1.29 is 9.72 Å². The molecule has 6 nitrogen and oxygen atoms in total. The molecule has 2 bridgehead atoms. The van der Waals surface area contributed by atoms with E-state index in [-0.39, 0.29) is 11.6 Å². The van der Waals surface area contributed by atoms with Gasteiger partial charge in [-0.1, -0.05) is 6.42 Å². The number of benzene rings is 1. The summed E-state index contributed by atoms with van der Waals surface area (Å²) in [5.74, 6) is 1.81. The minimum atomic E-state index is -0.442. The van der Waals surface area contributed by atoms with Gasteiger partial charge in [0.1, 0.15) is 0 Å². The maximum atomic E-state index is 12.6. The van der Waals surface area contributed by atoms with Gasteiger partial charge in [-0.3, -0.25) is 19.8 Å². The molecule has 1 heterocycles. The summed E-state index contributed by atoms with van der Waals surface area (Å²) in [5, 5.41) is 10.7. The highest BCUT2D eigenvalue weighted by Gasteiger charge is 2.42. The maximum absolute atomic E-state index is 12.6. The predicted octanol–water partition coefficient (Wildman–Crippen LogP) is 2.54. The molecule has 1 aromatic carbocycles.